The van der Waals surface area contributed by atoms with E-state index in [0.29, 0.717) is 0 Å². The molecule has 1 aromatic carbocycles. The Morgan fingerprint density at radius 2 is 2.00 bits per heavy atom. The fourth-order valence-corrected chi connectivity index (χ4v) is 3.23. The van der Waals surface area contributed by atoms with Crippen LogP contribution in [0.2, 0.25) is 0 Å². The van der Waals surface area contributed by atoms with Crippen molar-refractivity contribution >= 4 is 17.7 Å². The number of ether oxygens (including phenoxy) is 1. The lowest BCUT2D eigenvalue weighted by atomic mass is 9.88. The number of methoxy groups -OCH3 is 1. The molecule has 1 aliphatic heterocycles. The van der Waals surface area contributed by atoms with Crippen molar-refractivity contribution in [2.45, 2.75) is 11.0 Å². The summed E-state index contributed by atoms with van der Waals surface area (Å²) in [7, 11) is 3.43. The maximum absolute atomic E-state index is 11.9. The minimum Gasteiger partial charge on any atom is -0.349 e. The first-order valence-corrected chi connectivity index (χ1v) is 6.32. The molecule has 0 aromatic heterocycles. The number of carbonyl (C=O) groups excluding carboxylic acids is 1. The summed E-state index contributed by atoms with van der Waals surface area (Å²) < 4.78 is 5.54. The number of thioether (sulfide) groups is 1. The number of hydrogen-bond donors (Lipinski definition) is 0. The minimum atomic E-state index is -0.543. The Morgan fingerprint density at radius 3 is 2.50 bits per heavy atom. The van der Waals surface area contributed by atoms with E-state index in [2.05, 4.69) is 0 Å². The highest BCUT2D eigenvalue weighted by Gasteiger charge is 2.59. The van der Waals surface area contributed by atoms with Gasteiger partial charge in [-0.25, -0.2) is 0 Å². The SMILES string of the molecule is COC1(SC)C(c2ccccc2)C(=O)N1C. The van der Waals surface area contributed by atoms with Gasteiger partial charge in [0.1, 0.15) is 5.92 Å². The van der Waals surface area contributed by atoms with E-state index in [9.17, 15) is 4.79 Å². The van der Waals surface area contributed by atoms with Crippen molar-refractivity contribution in [1.82, 2.24) is 4.90 Å². The van der Waals surface area contributed by atoms with Gasteiger partial charge in [-0.2, -0.15) is 0 Å². The van der Waals surface area contributed by atoms with Gasteiger partial charge in [-0.15, -0.1) is 11.8 Å². The molecule has 86 valence electrons. The summed E-state index contributed by atoms with van der Waals surface area (Å²) in [4.78, 5) is 13.6. The summed E-state index contributed by atoms with van der Waals surface area (Å²) in [5.41, 5.74) is 1.02. The molecule has 16 heavy (non-hydrogen) atoms. The summed E-state index contributed by atoms with van der Waals surface area (Å²) in [6.07, 6.45) is 1.96. The van der Waals surface area contributed by atoms with Crippen LogP contribution in [0, 0.1) is 0 Å². The Labute approximate surface area is 99.8 Å². The Morgan fingerprint density at radius 1 is 1.38 bits per heavy atom. The van der Waals surface area contributed by atoms with E-state index in [1.165, 1.54) is 0 Å². The van der Waals surface area contributed by atoms with Gasteiger partial charge in [0.2, 0.25) is 11.0 Å². The number of likely N-dealkylation sites (tertiary alicyclic amines) is 1. The molecule has 1 aliphatic rings. The Balaban J connectivity index is 2.37. The maximum Gasteiger partial charge on any atom is 0.238 e. The summed E-state index contributed by atoms with van der Waals surface area (Å²) >= 11 is 1.56. The molecule has 3 nitrogen and oxygen atoms in total. The molecule has 0 aliphatic carbocycles. The zero-order chi connectivity index (χ0) is 11.8. The summed E-state index contributed by atoms with van der Waals surface area (Å²) in [5, 5.41) is -0.543. The van der Waals surface area contributed by atoms with Crippen LogP contribution < -0.4 is 0 Å². The Bertz CT molecular complexity index is 389. The van der Waals surface area contributed by atoms with Gasteiger partial charge in [0.25, 0.3) is 0 Å². The topological polar surface area (TPSA) is 29.5 Å². The van der Waals surface area contributed by atoms with Gasteiger partial charge in [0, 0.05) is 14.2 Å². The molecule has 4 heteroatoms. The van der Waals surface area contributed by atoms with E-state index in [4.69, 9.17) is 4.74 Å². The second-order valence-corrected chi connectivity index (χ2v) is 4.77. The third-order valence-corrected chi connectivity index (χ3v) is 4.39. The number of nitrogens with zero attached hydrogens (tertiary/aromatic N) is 1. The number of β-lactam (4-membered cyclic amide) rings is 1. The molecule has 0 saturated carbocycles. The highest BCUT2D eigenvalue weighted by atomic mass is 32.2. The summed E-state index contributed by atoms with van der Waals surface area (Å²) in [5.74, 6) is -0.0823. The van der Waals surface area contributed by atoms with Gasteiger partial charge in [-0.1, -0.05) is 30.3 Å². The molecule has 0 bridgehead atoms. The molecule has 2 unspecified atom stereocenters. The van der Waals surface area contributed by atoms with E-state index in [-0.39, 0.29) is 11.8 Å². The first-order chi connectivity index (χ1) is 7.67. The van der Waals surface area contributed by atoms with Crippen LogP contribution in [-0.2, 0) is 9.53 Å². The van der Waals surface area contributed by atoms with E-state index in [1.807, 2.05) is 36.6 Å². The number of amides is 1. The predicted molar refractivity (Wildman–Crippen MR) is 65.2 cm³/mol. The molecular formula is C12H15NO2S. The van der Waals surface area contributed by atoms with Crippen molar-refractivity contribution in [3.63, 3.8) is 0 Å². The molecule has 1 amide bonds. The average Bonchev–Trinajstić information content (AvgIpc) is 2.35. The molecule has 2 rings (SSSR count). The van der Waals surface area contributed by atoms with Crippen LogP contribution in [0.4, 0.5) is 0 Å². The van der Waals surface area contributed by atoms with Crippen LogP contribution in [0.1, 0.15) is 11.5 Å². The fraction of sp³-hybridized carbons (Fsp3) is 0.417. The van der Waals surface area contributed by atoms with Crippen molar-refractivity contribution in [2.75, 3.05) is 20.4 Å². The molecule has 0 radical (unpaired) electrons. The van der Waals surface area contributed by atoms with Gasteiger partial charge in [-0.05, 0) is 11.8 Å². The lowest BCUT2D eigenvalue weighted by molar-refractivity contribution is -0.181. The molecule has 0 N–H and O–H groups in total. The Hall–Kier alpha value is -1.00. The van der Waals surface area contributed by atoms with Crippen LogP contribution >= 0.6 is 11.8 Å². The Kier molecular flexibility index (Phi) is 2.95. The van der Waals surface area contributed by atoms with Crippen LogP contribution in [-0.4, -0.2) is 36.3 Å². The smallest absolute Gasteiger partial charge is 0.238 e. The first kappa shape index (κ1) is 11.5. The molecule has 0 spiro atoms. The van der Waals surface area contributed by atoms with E-state index < -0.39 is 5.06 Å². The van der Waals surface area contributed by atoms with Crippen molar-refractivity contribution in [3.8, 4) is 0 Å². The highest BCUT2D eigenvalue weighted by Crippen LogP contribution is 2.50. The van der Waals surface area contributed by atoms with Gasteiger partial charge >= 0.3 is 0 Å². The zero-order valence-corrected chi connectivity index (χ0v) is 10.5. The van der Waals surface area contributed by atoms with Gasteiger partial charge < -0.3 is 9.64 Å². The number of benzene rings is 1. The largest absolute Gasteiger partial charge is 0.349 e. The number of hydrogen-bond acceptors (Lipinski definition) is 3. The molecule has 1 aromatic rings. The van der Waals surface area contributed by atoms with Crippen molar-refractivity contribution in [3.05, 3.63) is 35.9 Å². The lowest BCUT2D eigenvalue weighted by Crippen LogP contribution is -2.66. The normalized spacial score (nSPS) is 29.1. The zero-order valence-electron chi connectivity index (χ0n) is 9.64. The average molecular weight is 237 g/mol. The molecular weight excluding hydrogens is 222 g/mol. The quantitative estimate of drug-likeness (QED) is 0.594. The lowest BCUT2D eigenvalue weighted by Gasteiger charge is -2.53. The fourth-order valence-electron chi connectivity index (χ4n) is 2.22. The second-order valence-electron chi connectivity index (χ2n) is 3.78. The monoisotopic (exact) mass is 237 g/mol. The van der Waals surface area contributed by atoms with E-state index in [1.54, 1.807) is 30.8 Å². The summed E-state index contributed by atoms with van der Waals surface area (Å²) in [6.45, 7) is 0. The second kappa shape index (κ2) is 4.11. The van der Waals surface area contributed by atoms with E-state index in [0.717, 1.165) is 5.56 Å². The van der Waals surface area contributed by atoms with Crippen LogP contribution in [0.15, 0.2) is 30.3 Å². The third kappa shape index (κ3) is 1.37. The van der Waals surface area contributed by atoms with Gasteiger partial charge in [-0.3, -0.25) is 4.79 Å². The number of likely N-dealkylation sites (N-methyl/N-ethyl adjacent to an activating group) is 1. The van der Waals surface area contributed by atoms with Gasteiger partial charge in [0.15, 0.2) is 0 Å². The molecule has 1 saturated heterocycles. The van der Waals surface area contributed by atoms with Crippen LogP contribution in [0.5, 0.6) is 0 Å². The molecule has 1 fully saturated rings. The molecule has 1 heterocycles. The van der Waals surface area contributed by atoms with Crippen LogP contribution in [0.3, 0.4) is 0 Å². The van der Waals surface area contributed by atoms with Crippen molar-refractivity contribution in [1.29, 1.82) is 0 Å². The summed E-state index contributed by atoms with van der Waals surface area (Å²) in [6, 6.07) is 9.78. The first-order valence-electron chi connectivity index (χ1n) is 5.10. The van der Waals surface area contributed by atoms with Crippen molar-refractivity contribution in [2.24, 2.45) is 0 Å². The highest BCUT2D eigenvalue weighted by molar-refractivity contribution is 7.99. The minimum absolute atomic E-state index is 0.113. The van der Waals surface area contributed by atoms with Gasteiger partial charge in [0.05, 0.1) is 0 Å². The molecule has 2 atom stereocenters. The number of rotatable bonds is 3. The maximum atomic E-state index is 11.9. The predicted octanol–water partition coefficient (Wildman–Crippen LogP) is 1.91. The standard InChI is InChI=1S/C12H15NO2S/c1-13-11(14)10(12(13,15-2)16-3)9-7-5-4-6-8-9/h4-8,10H,1-3H3. The van der Waals surface area contributed by atoms with E-state index >= 15 is 0 Å². The number of carbonyl (C=O) groups is 1. The van der Waals surface area contributed by atoms with Crippen LogP contribution in [0.25, 0.3) is 0 Å². The van der Waals surface area contributed by atoms with Crippen molar-refractivity contribution < 1.29 is 9.53 Å². The third-order valence-electron chi connectivity index (χ3n) is 3.13.